The molecule has 3 nitrogen and oxygen atoms in total. The number of nitrogens with one attached hydrogen (secondary N) is 1. The lowest BCUT2D eigenvalue weighted by atomic mass is 10.1. The van der Waals surface area contributed by atoms with E-state index in [0.29, 0.717) is 12.0 Å². The molecule has 1 aromatic heterocycles. The third kappa shape index (κ3) is 0.807. The van der Waals surface area contributed by atoms with E-state index in [1.165, 1.54) is 5.69 Å². The first-order valence-corrected chi connectivity index (χ1v) is 3.88. The van der Waals surface area contributed by atoms with Gasteiger partial charge in [-0.15, -0.1) is 0 Å². The SMILES string of the molecule is CC1(C)C(N)C1c1cnc[nH]1. The lowest BCUT2D eigenvalue weighted by molar-refractivity contribution is 0.596. The van der Waals surface area contributed by atoms with Crippen LogP contribution in [-0.2, 0) is 0 Å². The van der Waals surface area contributed by atoms with Gasteiger partial charge >= 0.3 is 0 Å². The highest BCUT2D eigenvalue weighted by molar-refractivity contribution is 5.27. The highest BCUT2D eigenvalue weighted by Crippen LogP contribution is 2.56. The van der Waals surface area contributed by atoms with E-state index < -0.39 is 0 Å². The van der Waals surface area contributed by atoms with Crippen LogP contribution in [0.4, 0.5) is 0 Å². The molecule has 0 aliphatic heterocycles. The van der Waals surface area contributed by atoms with Crippen LogP contribution in [0.25, 0.3) is 0 Å². The van der Waals surface area contributed by atoms with E-state index in [-0.39, 0.29) is 5.41 Å². The predicted octanol–water partition coefficient (Wildman–Crippen LogP) is 0.860. The Kier molecular flexibility index (Phi) is 1.16. The smallest absolute Gasteiger partial charge is 0.0921 e. The predicted molar refractivity (Wildman–Crippen MR) is 43.1 cm³/mol. The molecule has 2 unspecified atom stereocenters. The zero-order valence-corrected chi connectivity index (χ0v) is 6.83. The van der Waals surface area contributed by atoms with Gasteiger partial charge in [-0.3, -0.25) is 0 Å². The van der Waals surface area contributed by atoms with Crippen molar-refractivity contribution in [3.63, 3.8) is 0 Å². The molecule has 0 aromatic carbocycles. The fourth-order valence-electron chi connectivity index (χ4n) is 1.71. The van der Waals surface area contributed by atoms with Gasteiger partial charge in [0.1, 0.15) is 0 Å². The first-order valence-electron chi connectivity index (χ1n) is 3.88. The van der Waals surface area contributed by atoms with Gasteiger partial charge in [0, 0.05) is 23.9 Å². The van der Waals surface area contributed by atoms with E-state index in [1.807, 2.05) is 6.20 Å². The summed E-state index contributed by atoms with van der Waals surface area (Å²) >= 11 is 0. The number of imidazole rings is 1. The number of aromatic nitrogens is 2. The number of H-pyrrole nitrogens is 1. The second-order valence-corrected chi connectivity index (χ2v) is 3.83. The minimum absolute atomic E-state index is 0.256. The molecule has 1 saturated carbocycles. The van der Waals surface area contributed by atoms with Crippen LogP contribution < -0.4 is 5.73 Å². The second-order valence-electron chi connectivity index (χ2n) is 3.83. The summed E-state index contributed by atoms with van der Waals surface area (Å²) in [6, 6.07) is 0.294. The summed E-state index contributed by atoms with van der Waals surface area (Å²) in [4.78, 5) is 7.07. The summed E-state index contributed by atoms with van der Waals surface area (Å²) in [5, 5.41) is 0. The molecule has 1 aliphatic rings. The zero-order valence-electron chi connectivity index (χ0n) is 6.83. The molecule has 3 N–H and O–H groups in total. The van der Waals surface area contributed by atoms with Crippen LogP contribution in [0.1, 0.15) is 25.5 Å². The van der Waals surface area contributed by atoms with Gasteiger partial charge < -0.3 is 10.7 Å². The van der Waals surface area contributed by atoms with Crippen molar-refractivity contribution >= 4 is 0 Å². The molecular formula is C8H13N3. The maximum Gasteiger partial charge on any atom is 0.0921 e. The number of aromatic amines is 1. The van der Waals surface area contributed by atoms with Gasteiger partial charge in [0.15, 0.2) is 0 Å². The Balaban J connectivity index is 2.23. The van der Waals surface area contributed by atoms with Crippen LogP contribution in [0.2, 0.25) is 0 Å². The topological polar surface area (TPSA) is 54.7 Å². The molecule has 1 aliphatic carbocycles. The van der Waals surface area contributed by atoms with Crippen LogP contribution >= 0.6 is 0 Å². The molecular weight excluding hydrogens is 138 g/mol. The lowest BCUT2D eigenvalue weighted by Gasteiger charge is -1.97. The first kappa shape index (κ1) is 6.85. The molecule has 1 heterocycles. The van der Waals surface area contributed by atoms with E-state index in [9.17, 15) is 0 Å². The van der Waals surface area contributed by atoms with Crippen molar-refractivity contribution in [1.82, 2.24) is 9.97 Å². The fraction of sp³-hybridized carbons (Fsp3) is 0.625. The maximum atomic E-state index is 5.89. The molecule has 2 rings (SSSR count). The molecule has 2 atom stereocenters. The summed E-state index contributed by atoms with van der Waals surface area (Å²) in [5.74, 6) is 0.477. The quantitative estimate of drug-likeness (QED) is 0.625. The molecule has 0 saturated heterocycles. The highest BCUT2D eigenvalue weighted by Gasteiger charge is 2.56. The summed E-state index contributed by atoms with van der Waals surface area (Å²) in [6.45, 7) is 4.37. The number of hydrogen-bond donors (Lipinski definition) is 2. The molecule has 0 amide bonds. The van der Waals surface area contributed by atoms with Crippen molar-refractivity contribution in [1.29, 1.82) is 0 Å². The van der Waals surface area contributed by atoms with Crippen LogP contribution in [0.3, 0.4) is 0 Å². The van der Waals surface area contributed by atoms with Gasteiger partial charge in [-0.05, 0) is 5.41 Å². The molecule has 0 spiro atoms. The largest absolute Gasteiger partial charge is 0.348 e. The standard InChI is InChI=1S/C8H13N3/c1-8(2)6(7(8)9)5-3-10-4-11-5/h3-4,6-7H,9H2,1-2H3,(H,10,11). The van der Waals surface area contributed by atoms with Crippen molar-refractivity contribution in [2.24, 2.45) is 11.1 Å². The minimum Gasteiger partial charge on any atom is -0.348 e. The van der Waals surface area contributed by atoms with Crippen LogP contribution in [0.5, 0.6) is 0 Å². The van der Waals surface area contributed by atoms with E-state index in [0.717, 1.165) is 0 Å². The minimum atomic E-state index is 0.256. The van der Waals surface area contributed by atoms with Crippen molar-refractivity contribution in [2.45, 2.75) is 25.8 Å². The average molecular weight is 151 g/mol. The number of rotatable bonds is 1. The van der Waals surface area contributed by atoms with Crippen LogP contribution in [0, 0.1) is 5.41 Å². The Morgan fingerprint density at radius 2 is 2.27 bits per heavy atom. The summed E-state index contributed by atoms with van der Waals surface area (Å²) < 4.78 is 0. The van der Waals surface area contributed by atoms with Gasteiger partial charge in [0.2, 0.25) is 0 Å². The van der Waals surface area contributed by atoms with Crippen molar-refractivity contribution in [3.05, 3.63) is 18.2 Å². The van der Waals surface area contributed by atoms with Crippen LogP contribution in [-0.4, -0.2) is 16.0 Å². The average Bonchev–Trinajstić information content (AvgIpc) is 2.40. The molecule has 60 valence electrons. The monoisotopic (exact) mass is 151 g/mol. The Labute approximate surface area is 66.0 Å². The van der Waals surface area contributed by atoms with Gasteiger partial charge in [-0.25, -0.2) is 4.98 Å². The van der Waals surface area contributed by atoms with Crippen molar-refractivity contribution in [3.8, 4) is 0 Å². The molecule has 1 fully saturated rings. The summed E-state index contributed by atoms with van der Waals surface area (Å²) in [5.41, 5.74) is 7.31. The third-order valence-electron chi connectivity index (χ3n) is 2.77. The zero-order chi connectivity index (χ0) is 8.06. The van der Waals surface area contributed by atoms with Gasteiger partial charge in [-0.2, -0.15) is 0 Å². The third-order valence-corrected chi connectivity index (χ3v) is 2.77. The second kappa shape index (κ2) is 1.85. The summed E-state index contributed by atoms with van der Waals surface area (Å²) in [7, 11) is 0. The van der Waals surface area contributed by atoms with Crippen molar-refractivity contribution in [2.75, 3.05) is 0 Å². The van der Waals surface area contributed by atoms with Crippen molar-refractivity contribution < 1.29 is 0 Å². The van der Waals surface area contributed by atoms with Gasteiger partial charge in [0.25, 0.3) is 0 Å². The Hall–Kier alpha value is -0.830. The molecule has 0 radical (unpaired) electrons. The number of nitrogens with zero attached hydrogens (tertiary/aromatic N) is 1. The lowest BCUT2D eigenvalue weighted by Crippen LogP contribution is -2.06. The van der Waals surface area contributed by atoms with E-state index in [4.69, 9.17) is 5.73 Å². The first-order chi connectivity index (χ1) is 5.14. The van der Waals surface area contributed by atoms with E-state index in [2.05, 4.69) is 23.8 Å². The molecule has 11 heavy (non-hydrogen) atoms. The van der Waals surface area contributed by atoms with E-state index >= 15 is 0 Å². The molecule has 1 aromatic rings. The van der Waals surface area contributed by atoms with Gasteiger partial charge in [0.05, 0.1) is 6.33 Å². The highest BCUT2D eigenvalue weighted by atomic mass is 14.9. The van der Waals surface area contributed by atoms with Gasteiger partial charge in [-0.1, -0.05) is 13.8 Å². The van der Waals surface area contributed by atoms with E-state index in [1.54, 1.807) is 6.33 Å². The summed E-state index contributed by atoms with van der Waals surface area (Å²) in [6.07, 6.45) is 3.57. The maximum absolute atomic E-state index is 5.89. The number of hydrogen-bond acceptors (Lipinski definition) is 2. The Morgan fingerprint density at radius 1 is 1.64 bits per heavy atom. The normalized spacial score (nSPS) is 33.7. The molecule has 3 heteroatoms. The Bertz CT molecular complexity index is 250. The Morgan fingerprint density at radius 3 is 2.64 bits per heavy atom. The molecule has 0 bridgehead atoms. The fourth-order valence-corrected chi connectivity index (χ4v) is 1.71. The van der Waals surface area contributed by atoms with Crippen LogP contribution in [0.15, 0.2) is 12.5 Å². The number of nitrogens with two attached hydrogens (primary N) is 1.